The van der Waals surface area contributed by atoms with Crippen LogP contribution in [-0.4, -0.2) is 40.1 Å². The number of nitrogens with zero attached hydrogens (tertiary/aromatic N) is 1. The fraction of sp³-hybridized carbons (Fsp3) is 0.182. The van der Waals surface area contributed by atoms with Gasteiger partial charge in [-0.25, -0.2) is 4.98 Å². The third-order valence-electron chi connectivity index (χ3n) is 5.05. The van der Waals surface area contributed by atoms with Crippen LogP contribution in [0.3, 0.4) is 0 Å². The van der Waals surface area contributed by atoms with Crippen LogP contribution in [0.2, 0.25) is 0 Å². The molecule has 0 unspecified atom stereocenters. The molecule has 0 saturated heterocycles. The fourth-order valence-corrected chi connectivity index (χ4v) is 4.22. The number of benzene rings is 3. The van der Waals surface area contributed by atoms with Crippen LogP contribution in [0.4, 0.5) is 31.5 Å². The lowest BCUT2D eigenvalue weighted by Crippen LogP contribution is -2.53. The molecule has 0 saturated carbocycles. The number of ether oxygens (including phenoxy) is 1. The van der Waals surface area contributed by atoms with E-state index in [1.807, 2.05) is 12.1 Å². The summed E-state index contributed by atoms with van der Waals surface area (Å²) in [5, 5.41) is 22.3. The smallest absolute Gasteiger partial charge is 0.430 e. The van der Waals surface area contributed by atoms with Gasteiger partial charge in [-0.1, -0.05) is 29.5 Å². The minimum Gasteiger partial charge on any atom is -0.508 e. The van der Waals surface area contributed by atoms with Gasteiger partial charge in [0.05, 0.1) is 10.2 Å². The van der Waals surface area contributed by atoms with Crippen molar-refractivity contribution >= 4 is 43.4 Å². The number of nitrogens with one attached hydrogen (secondary N) is 1. The van der Waals surface area contributed by atoms with Crippen LogP contribution in [0, 0.1) is 0 Å². The number of aromatic hydroxyl groups is 1. The van der Waals surface area contributed by atoms with E-state index < -0.39 is 41.8 Å². The first-order chi connectivity index (χ1) is 16.3. The van der Waals surface area contributed by atoms with E-state index >= 15 is 0 Å². The van der Waals surface area contributed by atoms with Crippen LogP contribution in [0.25, 0.3) is 21.0 Å². The van der Waals surface area contributed by atoms with Gasteiger partial charge in [-0.05, 0) is 47.2 Å². The highest BCUT2D eigenvalue weighted by Gasteiger charge is 2.72. The Kier molecular flexibility index (Phi) is 6.01. The van der Waals surface area contributed by atoms with Gasteiger partial charge in [-0.3, -0.25) is 10.1 Å². The van der Waals surface area contributed by atoms with Gasteiger partial charge in [0.2, 0.25) is 0 Å². The average Bonchev–Trinajstić information content (AvgIpc) is 3.17. The number of fused-ring (bicyclic) bond motifs is 2. The number of aliphatic hydroxyl groups is 1. The van der Waals surface area contributed by atoms with Crippen LogP contribution in [0.1, 0.15) is 5.56 Å². The van der Waals surface area contributed by atoms with Gasteiger partial charge in [-0.15, -0.1) is 0 Å². The lowest BCUT2D eigenvalue weighted by atomic mass is 9.89. The van der Waals surface area contributed by atoms with Crippen LogP contribution < -0.4 is 10.1 Å². The number of amides is 1. The number of aromatic nitrogens is 1. The van der Waals surface area contributed by atoms with Crippen molar-refractivity contribution in [1.82, 2.24) is 4.98 Å². The van der Waals surface area contributed by atoms with Gasteiger partial charge in [0.25, 0.3) is 11.5 Å². The predicted molar refractivity (Wildman–Crippen MR) is 115 cm³/mol. The second kappa shape index (κ2) is 8.57. The minimum absolute atomic E-state index is 0.0158. The van der Waals surface area contributed by atoms with Crippen LogP contribution in [-0.2, 0) is 10.4 Å². The van der Waals surface area contributed by atoms with Gasteiger partial charge in [0, 0.05) is 5.56 Å². The number of thiazole rings is 1. The summed E-state index contributed by atoms with van der Waals surface area (Å²) < 4.78 is 85.3. The molecule has 1 aromatic heterocycles. The Morgan fingerprint density at radius 2 is 1.66 bits per heavy atom. The molecule has 13 heteroatoms. The molecular formula is C22H14F6N2O4S. The molecule has 0 bridgehead atoms. The molecule has 0 fully saturated rings. The summed E-state index contributed by atoms with van der Waals surface area (Å²) in [5.41, 5.74) is -6.33. The summed E-state index contributed by atoms with van der Waals surface area (Å²) in [4.78, 5) is 16.4. The first kappa shape index (κ1) is 24.5. The Morgan fingerprint density at radius 1 is 0.971 bits per heavy atom. The zero-order valence-corrected chi connectivity index (χ0v) is 18.1. The summed E-state index contributed by atoms with van der Waals surface area (Å²) in [6, 6.07) is 11.8. The monoisotopic (exact) mass is 516 g/mol. The van der Waals surface area contributed by atoms with E-state index in [0.29, 0.717) is 22.8 Å². The highest BCUT2D eigenvalue weighted by atomic mass is 32.1. The lowest BCUT2D eigenvalue weighted by molar-refractivity contribution is -0.376. The molecule has 3 aromatic carbocycles. The molecule has 0 atom stereocenters. The molecule has 6 nitrogen and oxygen atoms in total. The van der Waals surface area contributed by atoms with E-state index in [1.54, 1.807) is 12.1 Å². The van der Waals surface area contributed by atoms with Gasteiger partial charge >= 0.3 is 12.4 Å². The number of para-hydroxylation sites is 1. The van der Waals surface area contributed by atoms with Crippen molar-refractivity contribution in [2.45, 2.75) is 18.0 Å². The van der Waals surface area contributed by atoms with E-state index in [4.69, 9.17) is 4.74 Å². The van der Waals surface area contributed by atoms with Crippen LogP contribution in [0.15, 0.2) is 54.6 Å². The Morgan fingerprint density at radius 3 is 2.31 bits per heavy atom. The Hall–Kier alpha value is -3.58. The number of rotatable bonds is 5. The predicted octanol–water partition coefficient (Wildman–Crippen LogP) is 5.48. The summed E-state index contributed by atoms with van der Waals surface area (Å²) >= 11 is 1.25. The Labute approximate surface area is 196 Å². The number of halogens is 6. The number of hydrogen-bond acceptors (Lipinski definition) is 6. The molecule has 0 aliphatic carbocycles. The van der Waals surface area contributed by atoms with Crippen molar-refractivity contribution in [2.24, 2.45) is 0 Å². The Balaban J connectivity index is 1.53. The highest BCUT2D eigenvalue weighted by molar-refractivity contribution is 7.22. The van der Waals surface area contributed by atoms with E-state index in [2.05, 4.69) is 10.3 Å². The van der Waals surface area contributed by atoms with E-state index in [1.165, 1.54) is 23.5 Å². The van der Waals surface area contributed by atoms with Crippen molar-refractivity contribution in [3.8, 4) is 11.5 Å². The molecule has 4 aromatic rings. The zero-order valence-electron chi connectivity index (χ0n) is 17.2. The van der Waals surface area contributed by atoms with Crippen LogP contribution in [0.5, 0.6) is 11.5 Å². The van der Waals surface area contributed by atoms with Crippen molar-refractivity contribution in [3.63, 3.8) is 0 Å². The largest absolute Gasteiger partial charge is 0.508 e. The fourth-order valence-electron chi connectivity index (χ4n) is 3.34. The molecule has 0 aliphatic rings. The summed E-state index contributed by atoms with van der Waals surface area (Å²) in [7, 11) is 0. The standard InChI is InChI=1S/C22H14F6N2O4S/c23-21(24,25)20(33,22(26,27)28)14-8-11-5-6-13(7-12(11)9-16(14)31)34-10-18(32)30-19-29-15-3-1-2-4-17(15)35-19/h1-9,31,33H,10H2,(H,29,30,32). The second-order valence-electron chi connectivity index (χ2n) is 7.41. The van der Waals surface area contributed by atoms with Gasteiger partial charge in [-0.2, -0.15) is 26.3 Å². The third kappa shape index (κ3) is 4.56. The zero-order chi connectivity index (χ0) is 25.6. The van der Waals surface area contributed by atoms with E-state index in [0.717, 1.165) is 10.8 Å². The number of carbonyl (C=O) groups is 1. The van der Waals surface area contributed by atoms with Crippen LogP contribution >= 0.6 is 11.3 Å². The quantitative estimate of drug-likeness (QED) is 0.306. The number of anilines is 1. The summed E-state index contributed by atoms with van der Waals surface area (Å²) in [5.74, 6) is -1.91. The van der Waals surface area contributed by atoms with Crippen molar-refractivity contribution in [2.75, 3.05) is 11.9 Å². The SMILES string of the molecule is O=C(COc1ccc2cc(C(O)(C(F)(F)F)C(F)(F)F)c(O)cc2c1)Nc1nc2ccccc2s1. The van der Waals surface area contributed by atoms with Crippen molar-refractivity contribution < 1.29 is 46.1 Å². The third-order valence-corrected chi connectivity index (χ3v) is 6.00. The van der Waals surface area contributed by atoms with Gasteiger partial charge in [0.1, 0.15) is 11.5 Å². The molecule has 4 rings (SSSR count). The number of phenols is 1. The van der Waals surface area contributed by atoms with Gasteiger partial charge in [0.15, 0.2) is 11.7 Å². The molecule has 0 radical (unpaired) electrons. The molecule has 0 aliphatic heterocycles. The molecule has 3 N–H and O–H groups in total. The lowest BCUT2D eigenvalue weighted by Gasteiger charge is -2.33. The molecule has 1 amide bonds. The topological polar surface area (TPSA) is 91.7 Å². The molecule has 35 heavy (non-hydrogen) atoms. The molecule has 184 valence electrons. The maximum Gasteiger partial charge on any atom is 0.430 e. The average molecular weight is 516 g/mol. The first-order valence-corrected chi connectivity index (χ1v) is 10.5. The number of phenolic OH excluding ortho intramolecular Hbond substituents is 1. The van der Waals surface area contributed by atoms with E-state index in [-0.39, 0.29) is 16.5 Å². The van der Waals surface area contributed by atoms with E-state index in [9.17, 15) is 41.4 Å². The first-order valence-electron chi connectivity index (χ1n) is 9.71. The molecule has 0 spiro atoms. The maximum atomic E-state index is 13.2. The summed E-state index contributed by atoms with van der Waals surface area (Å²) in [6.45, 7) is -0.465. The maximum absolute atomic E-state index is 13.2. The normalized spacial score (nSPS) is 12.8. The van der Waals surface area contributed by atoms with Crippen molar-refractivity contribution in [3.05, 3.63) is 60.2 Å². The molecular weight excluding hydrogens is 502 g/mol. The summed E-state index contributed by atoms with van der Waals surface area (Å²) in [6.07, 6.45) is -12.3. The minimum atomic E-state index is -6.14. The van der Waals surface area contributed by atoms with Crippen molar-refractivity contribution in [1.29, 1.82) is 0 Å². The number of alkyl halides is 6. The molecule has 1 heterocycles. The second-order valence-corrected chi connectivity index (χ2v) is 8.44. The number of hydrogen-bond donors (Lipinski definition) is 3. The van der Waals surface area contributed by atoms with Gasteiger partial charge < -0.3 is 14.9 Å². The highest BCUT2D eigenvalue weighted by Crippen LogP contribution is 2.52. The number of carbonyl (C=O) groups excluding carboxylic acids is 1. The Bertz CT molecular complexity index is 1370.